The van der Waals surface area contributed by atoms with Gasteiger partial charge in [-0.05, 0) is 36.3 Å². The molecule has 24 heavy (non-hydrogen) atoms. The summed E-state index contributed by atoms with van der Waals surface area (Å²) in [5.41, 5.74) is 4.80. The van der Waals surface area contributed by atoms with Crippen LogP contribution in [0.25, 0.3) is 22.3 Å². The highest BCUT2D eigenvalue weighted by Crippen LogP contribution is 2.47. The summed E-state index contributed by atoms with van der Waals surface area (Å²) in [6.07, 6.45) is 0.838. The Labute approximate surface area is 138 Å². The molecule has 0 unspecified atom stereocenters. The second kappa shape index (κ2) is 4.57. The quantitative estimate of drug-likeness (QED) is 0.667. The van der Waals surface area contributed by atoms with Gasteiger partial charge in [0.2, 0.25) is 0 Å². The van der Waals surface area contributed by atoms with Crippen molar-refractivity contribution in [2.45, 2.75) is 26.1 Å². The number of furan rings is 1. The number of rotatable bonds is 1. The van der Waals surface area contributed by atoms with Crippen LogP contribution >= 0.6 is 0 Å². The SMILES string of the molecule is C=C(C)[C@H]1Cc2cc3c(cc2O1)OCc1c-3oc2cc(O)ccc12. The lowest BCUT2D eigenvalue weighted by atomic mass is 9.98. The van der Waals surface area contributed by atoms with E-state index in [1.807, 2.05) is 19.1 Å². The fourth-order valence-corrected chi connectivity index (χ4v) is 3.49. The average molecular weight is 320 g/mol. The number of aromatic hydroxyl groups is 1. The van der Waals surface area contributed by atoms with Gasteiger partial charge in [-0.25, -0.2) is 0 Å². The predicted octanol–water partition coefficient (Wildman–Crippen LogP) is 4.58. The van der Waals surface area contributed by atoms with Gasteiger partial charge in [-0.2, -0.15) is 0 Å². The normalized spacial score (nSPS) is 17.6. The monoisotopic (exact) mass is 320 g/mol. The summed E-state index contributed by atoms with van der Waals surface area (Å²) in [6.45, 7) is 6.42. The van der Waals surface area contributed by atoms with Crippen molar-refractivity contribution in [2.75, 3.05) is 0 Å². The van der Waals surface area contributed by atoms with Gasteiger partial charge in [-0.3, -0.25) is 0 Å². The number of ether oxygens (including phenoxy) is 2. The first-order valence-corrected chi connectivity index (χ1v) is 7.96. The van der Waals surface area contributed by atoms with Gasteiger partial charge in [-0.1, -0.05) is 6.58 Å². The maximum atomic E-state index is 9.68. The highest BCUT2D eigenvalue weighted by atomic mass is 16.5. The topological polar surface area (TPSA) is 51.8 Å². The molecule has 0 amide bonds. The molecular weight excluding hydrogens is 304 g/mol. The molecule has 0 aliphatic carbocycles. The Kier molecular flexibility index (Phi) is 2.58. The van der Waals surface area contributed by atoms with E-state index < -0.39 is 0 Å². The number of phenolic OH excluding ortho intramolecular Hbond substituents is 1. The van der Waals surface area contributed by atoms with Crippen LogP contribution in [0.15, 0.2) is 46.9 Å². The molecule has 0 bridgehead atoms. The average Bonchev–Trinajstić information content (AvgIpc) is 3.12. The van der Waals surface area contributed by atoms with Crippen molar-refractivity contribution in [3.63, 3.8) is 0 Å². The van der Waals surface area contributed by atoms with Gasteiger partial charge in [0, 0.05) is 29.5 Å². The third-order valence-corrected chi connectivity index (χ3v) is 4.78. The molecule has 0 saturated carbocycles. The number of fused-ring (bicyclic) bond motifs is 6. The van der Waals surface area contributed by atoms with Crippen LogP contribution in [0.4, 0.5) is 0 Å². The Morgan fingerprint density at radius 2 is 2.08 bits per heavy atom. The summed E-state index contributed by atoms with van der Waals surface area (Å²) in [5.74, 6) is 2.64. The molecule has 2 aromatic carbocycles. The van der Waals surface area contributed by atoms with E-state index >= 15 is 0 Å². The van der Waals surface area contributed by atoms with Gasteiger partial charge in [0.25, 0.3) is 0 Å². The first-order valence-electron chi connectivity index (χ1n) is 7.96. The van der Waals surface area contributed by atoms with Gasteiger partial charge in [0.05, 0.1) is 5.56 Å². The molecule has 5 rings (SSSR count). The van der Waals surface area contributed by atoms with Crippen LogP contribution in [0.3, 0.4) is 0 Å². The van der Waals surface area contributed by atoms with E-state index in [1.54, 1.807) is 12.1 Å². The van der Waals surface area contributed by atoms with Gasteiger partial charge < -0.3 is 19.0 Å². The maximum Gasteiger partial charge on any atom is 0.145 e. The lowest BCUT2D eigenvalue weighted by Gasteiger charge is -2.18. The van der Waals surface area contributed by atoms with Crippen molar-refractivity contribution >= 4 is 11.0 Å². The highest BCUT2D eigenvalue weighted by Gasteiger charge is 2.30. The smallest absolute Gasteiger partial charge is 0.145 e. The van der Waals surface area contributed by atoms with Gasteiger partial charge in [-0.15, -0.1) is 0 Å². The molecule has 0 fully saturated rings. The molecule has 0 radical (unpaired) electrons. The summed E-state index contributed by atoms with van der Waals surface area (Å²) >= 11 is 0. The van der Waals surface area contributed by atoms with Gasteiger partial charge in [0.1, 0.15) is 41.3 Å². The molecule has 1 N–H and O–H groups in total. The van der Waals surface area contributed by atoms with E-state index in [0.29, 0.717) is 12.2 Å². The van der Waals surface area contributed by atoms with Crippen molar-refractivity contribution in [1.29, 1.82) is 0 Å². The minimum Gasteiger partial charge on any atom is -0.508 e. The van der Waals surface area contributed by atoms with Crippen LogP contribution in [0.5, 0.6) is 17.2 Å². The zero-order chi connectivity index (χ0) is 16.4. The van der Waals surface area contributed by atoms with Crippen molar-refractivity contribution in [1.82, 2.24) is 0 Å². The van der Waals surface area contributed by atoms with Crippen LogP contribution in [-0.4, -0.2) is 11.2 Å². The van der Waals surface area contributed by atoms with E-state index in [-0.39, 0.29) is 11.9 Å². The van der Waals surface area contributed by atoms with E-state index in [1.165, 1.54) is 0 Å². The molecule has 1 atom stereocenters. The number of benzene rings is 2. The first kappa shape index (κ1) is 13.5. The lowest BCUT2D eigenvalue weighted by Crippen LogP contribution is -2.13. The van der Waals surface area contributed by atoms with Crippen LogP contribution < -0.4 is 9.47 Å². The molecule has 3 heterocycles. The predicted molar refractivity (Wildman–Crippen MR) is 90.6 cm³/mol. The number of hydrogen-bond acceptors (Lipinski definition) is 4. The van der Waals surface area contributed by atoms with Crippen molar-refractivity contribution in [3.8, 4) is 28.6 Å². The van der Waals surface area contributed by atoms with Crippen molar-refractivity contribution in [3.05, 3.63) is 53.6 Å². The molecule has 4 nitrogen and oxygen atoms in total. The summed E-state index contributed by atoms with van der Waals surface area (Å²) in [7, 11) is 0. The lowest BCUT2D eigenvalue weighted by molar-refractivity contribution is 0.266. The molecule has 2 aliphatic heterocycles. The Morgan fingerprint density at radius 1 is 1.21 bits per heavy atom. The van der Waals surface area contributed by atoms with Crippen LogP contribution in [0.2, 0.25) is 0 Å². The molecular formula is C20H16O4. The number of phenols is 1. The Hall–Kier alpha value is -2.88. The summed E-state index contributed by atoms with van der Waals surface area (Å²) in [4.78, 5) is 0. The second-order valence-corrected chi connectivity index (χ2v) is 6.49. The van der Waals surface area contributed by atoms with Crippen LogP contribution in [-0.2, 0) is 13.0 Å². The van der Waals surface area contributed by atoms with Crippen LogP contribution in [0, 0.1) is 0 Å². The fraction of sp³-hybridized carbons (Fsp3) is 0.200. The third kappa shape index (κ3) is 1.80. The van der Waals surface area contributed by atoms with E-state index in [0.717, 1.165) is 51.3 Å². The maximum absolute atomic E-state index is 9.68. The molecule has 0 saturated heterocycles. The Balaban J connectivity index is 1.68. The molecule has 0 spiro atoms. The molecule has 2 aliphatic rings. The van der Waals surface area contributed by atoms with E-state index in [2.05, 4.69) is 12.6 Å². The third-order valence-electron chi connectivity index (χ3n) is 4.78. The zero-order valence-electron chi connectivity index (χ0n) is 13.3. The molecule has 1 aromatic heterocycles. The summed E-state index contributed by atoms with van der Waals surface area (Å²) in [5, 5.41) is 10.7. The van der Waals surface area contributed by atoms with Gasteiger partial charge >= 0.3 is 0 Å². The largest absolute Gasteiger partial charge is 0.508 e. The minimum atomic E-state index is 0.0240. The Bertz CT molecular complexity index is 1010. The highest BCUT2D eigenvalue weighted by molar-refractivity contribution is 5.91. The first-order chi connectivity index (χ1) is 11.6. The second-order valence-electron chi connectivity index (χ2n) is 6.49. The standard InChI is InChI=1S/C20H16O4/c1-10(2)16-6-11-5-14-18(8-17(11)23-16)22-9-15-13-4-3-12(21)7-19(13)24-20(14)15/h3-5,7-8,16,21H,1,6,9H2,2H3/t16-/m1/s1. The fourth-order valence-electron chi connectivity index (χ4n) is 3.49. The summed E-state index contributed by atoms with van der Waals surface area (Å²) < 4.78 is 17.9. The summed E-state index contributed by atoms with van der Waals surface area (Å²) in [6, 6.07) is 9.21. The van der Waals surface area contributed by atoms with Crippen molar-refractivity contribution < 1.29 is 19.0 Å². The van der Waals surface area contributed by atoms with E-state index in [4.69, 9.17) is 13.9 Å². The minimum absolute atomic E-state index is 0.0240. The van der Waals surface area contributed by atoms with E-state index in [9.17, 15) is 5.11 Å². The Morgan fingerprint density at radius 3 is 2.92 bits per heavy atom. The number of hydrogen-bond donors (Lipinski definition) is 1. The van der Waals surface area contributed by atoms with Crippen LogP contribution in [0.1, 0.15) is 18.1 Å². The molecule has 3 aromatic rings. The zero-order valence-corrected chi connectivity index (χ0v) is 13.3. The van der Waals surface area contributed by atoms with Gasteiger partial charge in [0.15, 0.2) is 0 Å². The molecule has 120 valence electrons. The van der Waals surface area contributed by atoms with Crippen molar-refractivity contribution in [2.24, 2.45) is 0 Å². The molecule has 4 heteroatoms.